The summed E-state index contributed by atoms with van der Waals surface area (Å²) >= 11 is 1.68. The highest BCUT2D eigenvalue weighted by Crippen LogP contribution is 2.45. The van der Waals surface area contributed by atoms with Gasteiger partial charge in [0, 0.05) is 19.0 Å². The van der Waals surface area contributed by atoms with E-state index in [9.17, 15) is 19.8 Å². The van der Waals surface area contributed by atoms with Gasteiger partial charge >= 0.3 is 5.97 Å². The lowest BCUT2D eigenvalue weighted by molar-refractivity contribution is -0.161. The Morgan fingerprint density at radius 1 is 1.57 bits per heavy atom. The predicted molar refractivity (Wildman–Crippen MR) is 87.3 cm³/mol. The average Bonchev–Trinajstić information content (AvgIpc) is 2.83. The zero-order valence-corrected chi connectivity index (χ0v) is 14.0. The monoisotopic (exact) mass is 339 g/mol. The summed E-state index contributed by atoms with van der Waals surface area (Å²) in [6, 6.07) is -0.222. The second kappa shape index (κ2) is 6.16. The average molecular weight is 339 g/mol. The van der Waals surface area contributed by atoms with E-state index in [0.29, 0.717) is 19.5 Å². The standard InChI is InChI=1S/C15H21N3O4S/c1-7(19)12-10-3-9(13(15(21)22)18(10)14(12)20)8-4-16-11(6-23-2)17-5-8/h7-8,10,12,19H,3-6H2,1-2H3,(H,16,17)(H,21,22)/t7-,10-,12-/m1/s1. The first kappa shape index (κ1) is 16.3. The molecule has 3 aliphatic rings. The molecule has 7 nitrogen and oxygen atoms in total. The Morgan fingerprint density at radius 2 is 2.30 bits per heavy atom. The molecule has 1 fully saturated rings. The van der Waals surface area contributed by atoms with E-state index in [2.05, 4.69) is 10.3 Å². The van der Waals surface area contributed by atoms with E-state index in [0.717, 1.165) is 17.2 Å². The summed E-state index contributed by atoms with van der Waals surface area (Å²) in [5, 5.41) is 22.5. The van der Waals surface area contributed by atoms with Crippen molar-refractivity contribution in [2.75, 3.05) is 25.1 Å². The number of aliphatic hydroxyl groups is 1. The third-order valence-electron chi connectivity index (χ3n) is 4.79. The maximum atomic E-state index is 12.2. The Hall–Kier alpha value is -1.54. The van der Waals surface area contributed by atoms with Crippen LogP contribution in [0, 0.1) is 11.8 Å². The molecule has 8 heteroatoms. The Morgan fingerprint density at radius 3 is 2.83 bits per heavy atom. The number of rotatable bonds is 5. The maximum absolute atomic E-state index is 12.2. The first-order valence-corrected chi connectivity index (χ1v) is 9.08. The van der Waals surface area contributed by atoms with Crippen molar-refractivity contribution in [2.24, 2.45) is 16.8 Å². The van der Waals surface area contributed by atoms with Gasteiger partial charge in [0.15, 0.2) is 0 Å². The molecule has 126 valence electrons. The highest BCUT2D eigenvalue weighted by molar-refractivity contribution is 7.99. The first-order valence-electron chi connectivity index (χ1n) is 7.69. The number of carboxylic acids is 1. The van der Waals surface area contributed by atoms with Gasteiger partial charge in [0.25, 0.3) is 0 Å². The molecule has 0 radical (unpaired) electrons. The molecule has 0 bridgehead atoms. The van der Waals surface area contributed by atoms with Gasteiger partial charge in [0.2, 0.25) is 5.91 Å². The molecule has 1 amide bonds. The Balaban J connectivity index is 1.82. The molecule has 0 aliphatic carbocycles. The lowest BCUT2D eigenvalue weighted by Crippen LogP contribution is -2.61. The van der Waals surface area contributed by atoms with Crippen molar-refractivity contribution in [1.82, 2.24) is 10.2 Å². The number of amidine groups is 1. The van der Waals surface area contributed by atoms with Crippen LogP contribution in [0.1, 0.15) is 13.3 Å². The van der Waals surface area contributed by atoms with Gasteiger partial charge in [0.1, 0.15) is 11.5 Å². The van der Waals surface area contributed by atoms with Crippen LogP contribution in [0.4, 0.5) is 0 Å². The van der Waals surface area contributed by atoms with Crippen molar-refractivity contribution >= 4 is 29.5 Å². The number of nitrogens with one attached hydrogen (secondary N) is 1. The highest BCUT2D eigenvalue weighted by atomic mass is 32.2. The molecule has 0 saturated carbocycles. The van der Waals surface area contributed by atoms with Crippen molar-refractivity contribution in [1.29, 1.82) is 0 Å². The van der Waals surface area contributed by atoms with Crippen LogP contribution in [0.5, 0.6) is 0 Å². The Bertz CT molecular complexity index is 602. The van der Waals surface area contributed by atoms with Gasteiger partial charge in [-0.1, -0.05) is 0 Å². The number of hydrogen-bond donors (Lipinski definition) is 3. The summed E-state index contributed by atoms with van der Waals surface area (Å²) in [7, 11) is 0. The van der Waals surface area contributed by atoms with Crippen LogP contribution in [0.15, 0.2) is 16.3 Å². The summed E-state index contributed by atoms with van der Waals surface area (Å²) in [6.07, 6.45) is 1.77. The molecule has 0 spiro atoms. The summed E-state index contributed by atoms with van der Waals surface area (Å²) in [5.74, 6) is -0.111. The van der Waals surface area contributed by atoms with E-state index >= 15 is 0 Å². The van der Waals surface area contributed by atoms with Crippen LogP contribution >= 0.6 is 11.8 Å². The molecule has 4 atom stereocenters. The van der Waals surface area contributed by atoms with Crippen LogP contribution in [-0.4, -0.2) is 70.1 Å². The van der Waals surface area contributed by atoms with Crippen LogP contribution in [0.25, 0.3) is 0 Å². The number of nitrogens with zero attached hydrogens (tertiary/aromatic N) is 2. The minimum Gasteiger partial charge on any atom is -0.477 e. The molecule has 0 aromatic carbocycles. The van der Waals surface area contributed by atoms with Crippen LogP contribution < -0.4 is 5.32 Å². The van der Waals surface area contributed by atoms with Gasteiger partial charge in [-0.05, 0) is 25.2 Å². The molecule has 23 heavy (non-hydrogen) atoms. The van der Waals surface area contributed by atoms with E-state index < -0.39 is 18.0 Å². The molecule has 3 N–H and O–H groups in total. The zero-order valence-electron chi connectivity index (χ0n) is 13.2. The minimum absolute atomic E-state index is 0.0141. The zero-order chi connectivity index (χ0) is 16.7. The number of amides is 1. The fraction of sp³-hybridized carbons (Fsp3) is 0.667. The molecule has 3 aliphatic heterocycles. The van der Waals surface area contributed by atoms with Crippen molar-refractivity contribution < 1.29 is 19.8 Å². The lowest BCUT2D eigenvalue weighted by Gasteiger charge is -2.44. The number of carboxylic acid groups (broad SMARTS) is 1. The fourth-order valence-electron chi connectivity index (χ4n) is 3.71. The number of hydrogen-bond acceptors (Lipinski definition) is 6. The second-order valence-electron chi connectivity index (χ2n) is 6.22. The van der Waals surface area contributed by atoms with Gasteiger partial charge in [-0.3, -0.25) is 9.79 Å². The van der Waals surface area contributed by atoms with Crippen molar-refractivity contribution in [2.45, 2.75) is 25.5 Å². The number of carbonyl (C=O) groups excluding carboxylic acids is 1. The summed E-state index contributed by atoms with van der Waals surface area (Å²) in [5.41, 5.74) is 0.880. The van der Waals surface area contributed by atoms with E-state index in [1.165, 1.54) is 4.90 Å². The molecule has 3 heterocycles. The van der Waals surface area contributed by atoms with E-state index in [-0.39, 0.29) is 23.6 Å². The van der Waals surface area contributed by atoms with E-state index in [4.69, 9.17) is 0 Å². The topological polar surface area (TPSA) is 102 Å². The van der Waals surface area contributed by atoms with Crippen molar-refractivity contribution in [3.63, 3.8) is 0 Å². The number of β-lactam (4-membered cyclic amide) rings is 1. The van der Waals surface area contributed by atoms with Gasteiger partial charge in [0.05, 0.1) is 23.8 Å². The number of fused-ring (bicyclic) bond motifs is 1. The van der Waals surface area contributed by atoms with Gasteiger partial charge < -0.3 is 20.4 Å². The predicted octanol–water partition coefficient (Wildman–Crippen LogP) is -0.0825. The van der Waals surface area contributed by atoms with E-state index in [1.807, 2.05) is 6.26 Å². The molecular weight excluding hydrogens is 318 g/mol. The number of aliphatic hydroxyl groups excluding tert-OH is 1. The van der Waals surface area contributed by atoms with Crippen LogP contribution in [0.3, 0.4) is 0 Å². The smallest absolute Gasteiger partial charge is 0.352 e. The number of aliphatic carboxylic acids is 1. The van der Waals surface area contributed by atoms with Gasteiger partial charge in [-0.25, -0.2) is 4.79 Å². The Kier molecular flexibility index (Phi) is 4.37. The van der Waals surface area contributed by atoms with Crippen molar-refractivity contribution in [3.05, 3.63) is 11.3 Å². The number of aliphatic imine (C=N–C) groups is 1. The maximum Gasteiger partial charge on any atom is 0.352 e. The van der Waals surface area contributed by atoms with E-state index in [1.54, 1.807) is 18.7 Å². The summed E-state index contributed by atoms with van der Waals surface area (Å²) < 4.78 is 0. The molecule has 3 rings (SSSR count). The van der Waals surface area contributed by atoms with Crippen LogP contribution in [0.2, 0.25) is 0 Å². The summed E-state index contributed by atoms with van der Waals surface area (Å²) in [4.78, 5) is 29.7. The number of thioether (sulfide) groups is 1. The lowest BCUT2D eigenvalue weighted by atomic mass is 9.82. The van der Waals surface area contributed by atoms with Gasteiger partial charge in [-0.2, -0.15) is 11.8 Å². The Labute approximate surface area is 138 Å². The minimum atomic E-state index is -1.07. The largest absolute Gasteiger partial charge is 0.477 e. The highest BCUT2D eigenvalue weighted by Gasteiger charge is 2.57. The summed E-state index contributed by atoms with van der Waals surface area (Å²) in [6.45, 7) is 2.77. The van der Waals surface area contributed by atoms with Gasteiger partial charge in [-0.15, -0.1) is 0 Å². The number of carbonyl (C=O) groups is 2. The second-order valence-corrected chi connectivity index (χ2v) is 7.09. The molecule has 0 aromatic rings. The fourth-order valence-corrected chi connectivity index (χ4v) is 4.18. The molecule has 0 aromatic heterocycles. The normalized spacial score (nSPS) is 31.3. The SMILES string of the molecule is CSCC1=NCC(C2=C(C(=O)O)N3C(=O)[C@H]([C@@H](C)O)[C@H]3C2)CN1. The third-order valence-corrected chi connectivity index (χ3v) is 5.36. The molecular formula is C15H21N3O4S. The van der Waals surface area contributed by atoms with Crippen molar-refractivity contribution in [3.8, 4) is 0 Å². The quantitative estimate of drug-likeness (QED) is 0.606. The third kappa shape index (κ3) is 2.63. The van der Waals surface area contributed by atoms with Crippen LogP contribution in [-0.2, 0) is 9.59 Å². The first-order chi connectivity index (χ1) is 11.0. The molecule has 1 unspecified atom stereocenters. The molecule has 1 saturated heterocycles.